The van der Waals surface area contributed by atoms with E-state index >= 15 is 0 Å². The van der Waals surface area contributed by atoms with Crippen LogP contribution in [0.1, 0.15) is 6.92 Å². The third kappa shape index (κ3) is 3.25. The molecule has 4 heteroatoms. The molecule has 0 atom stereocenters. The maximum absolute atomic E-state index is 11.7. The number of urea groups is 1. The van der Waals surface area contributed by atoms with Crippen LogP contribution in [-0.4, -0.2) is 26.4 Å². The molecule has 0 bridgehead atoms. The molecule has 2 amide bonds. The first-order chi connectivity index (χ1) is 7.29. The minimum atomic E-state index is -0.148. The second-order valence-corrected chi connectivity index (χ2v) is 2.99. The molecule has 0 saturated heterocycles. The van der Waals surface area contributed by atoms with Gasteiger partial charge in [-0.25, -0.2) is 4.79 Å². The number of hydrogen-bond acceptors (Lipinski definition) is 2. The predicted octanol–water partition coefficient (Wildman–Crippen LogP) is 1.83. The number of hydrogen-bond donors (Lipinski definition) is 1. The lowest BCUT2D eigenvalue weighted by atomic mass is 10.3. The second-order valence-electron chi connectivity index (χ2n) is 2.99. The largest absolute Gasteiger partial charge is 0.364 e. The molecule has 0 aliphatic heterocycles. The Morgan fingerprint density at radius 2 is 2.07 bits per heavy atom. The lowest BCUT2D eigenvalue weighted by molar-refractivity contribution is 0.175. The van der Waals surface area contributed by atoms with E-state index in [2.05, 4.69) is 5.32 Å². The summed E-state index contributed by atoms with van der Waals surface area (Å²) < 4.78 is 4.78. The van der Waals surface area contributed by atoms with Crippen LogP contribution in [0.2, 0.25) is 0 Å². The Labute approximate surface area is 89.8 Å². The molecule has 1 rings (SSSR count). The maximum atomic E-state index is 11.7. The molecular weight excluding hydrogens is 192 g/mol. The fraction of sp³-hybridized carbons (Fsp3) is 0.364. The van der Waals surface area contributed by atoms with Gasteiger partial charge in [-0.2, -0.15) is 0 Å². The summed E-state index contributed by atoms with van der Waals surface area (Å²) in [7, 11) is 1.54. The van der Waals surface area contributed by atoms with Gasteiger partial charge in [0, 0.05) is 19.3 Å². The van der Waals surface area contributed by atoms with Crippen LogP contribution in [0.15, 0.2) is 30.3 Å². The van der Waals surface area contributed by atoms with Gasteiger partial charge in [0.25, 0.3) is 0 Å². The molecule has 0 aliphatic rings. The van der Waals surface area contributed by atoms with Crippen molar-refractivity contribution < 1.29 is 9.53 Å². The van der Waals surface area contributed by atoms with E-state index in [-0.39, 0.29) is 12.8 Å². The van der Waals surface area contributed by atoms with Crippen molar-refractivity contribution in [3.8, 4) is 0 Å². The van der Waals surface area contributed by atoms with Gasteiger partial charge in [-0.15, -0.1) is 0 Å². The number of para-hydroxylation sites is 1. The Balaban J connectivity index is 2.67. The zero-order valence-electron chi connectivity index (χ0n) is 9.06. The molecule has 0 aliphatic carbocycles. The maximum Gasteiger partial charge on any atom is 0.323 e. The molecule has 82 valence electrons. The lowest BCUT2D eigenvalue weighted by Crippen LogP contribution is -2.40. The molecule has 0 unspecified atom stereocenters. The van der Waals surface area contributed by atoms with E-state index in [1.54, 1.807) is 12.0 Å². The Morgan fingerprint density at radius 1 is 1.40 bits per heavy atom. The zero-order valence-corrected chi connectivity index (χ0v) is 9.06. The van der Waals surface area contributed by atoms with E-state index in [0.717, 1.165) is 5.69 Å². The van der Waals surface area contributed by atoms with Crippen LogP contribution in [0.4, 0.5) is 10.5 Å². The van der Waals surface area contributed by atoms with E-state index < -0.39 is 0 Å². The highest BCUT2D eigenvalue weighted by atomic mass is 16.5. The number of rotatable bonds is 4. The number of nitrogens with zero attached hydrogens (tertiary/aromatic N) is 1. The number of nitrogens with one attached hydrogen (secondary N) is 1. The molecule has 0 saturated carbocycles. The van der Waals surface area contributed by atoms with Gasteiger partial charge >= 0.3 is 6.03 Å². The van der Waals surface area contributed by atoms with Crippen LogP contribution >= 0.6 is 0 Å². The standard InChI is InChI=1S/C11H16N2O2/c1-3-13(11(14)12-9-15-2)10-7-5-4-6-8-10/h4-8H,3,9H2,1-2H3,(H,12,14). The SMILES string of the molecule is CCN(C(=O)NCOC)c1ccccc1. The summed E-state index contributed by atoms with van der Waals surface area (Å²) in [6.07, 6.45) is 0. The Morgan fingerprint density at radius 3 is 2.60 bits per heavy atom. The van der Waals surface area contributed by atoms with Crippen molar-refractivity contribution in [2.45, 2.75) is 6.92 Å². The fourth-order valence-electron chi connectivity index (χ4n) is 1.28. The van der Waals surface area contributed by atoms with Gasteiger partial charge < -0.3 is 10.1 Å². The average Bonchev–Trinajstić information content (AvgIpc) is 2.29. The van der Waals surface area contributed by atoms with E-state index in [1.165, 1.54) is 0 Å². The van der Waals surface area contributed by atoms with E-state index in [0.29, 0.717) is 6.54 Å². The van der Waals surface area contributed by atoms with E-state index in [9.17, 15) is 4.79 Å². The van der Waals surface area contributed by atoms with Gasteiger partial charge in [-0.05, 0) is 19.1 Å². The van der Waals surface area contributed by atoms with Crippen molar-refractivity contribution in [2.75, 3.05) is 25.3 Å². The summed E-state index contributed by atoms with van der Waals surface area (Å²) in [4.78, 5) is 13.3. The van der Waals surface area contributed by atoms with E-state index in [4.69, 9.17) is 4.74 Å². The van der Waals surface area contributed by atoms with Gasteiger partial charge in [0.15, 0.2) is 0 Å². The quantitative estimate of drug-likeness (QED) is 0.767. The van der Waals surface area contributed by atoms with Crippen LogP contribution in [0.5, 0.6) is 0 Å². The highest BCUT2D eigenvalue weighted by Crippen LogP contribution is 2.12. The number of benzene rings is 1. The van der Waals surface area contributed by atoms with Crippen molar-refractivity contribution in [1.82, 2.24) is 5.32 Å². The van der Waals surface area contributed by atoms with Gasteiger partial charge in [-0.3, -0.25) is 4.90 Å². The summed E-state index contributed by atoms with van der Waals surface area (Å²) in [6, 6.07) is 9.38. The molecule has 0 heterocycles. The number of carbonyl (C=O) groups excluding carboxylic acids is 1. The molecule has 4 nitrogen and oxygen atoms in total. The summed E-state index contributed by atoms with van der Waals surface area (Å²) in [5.74, 6) is 0. The van der Waals surface area contributed by atoms with E-state index in [1.807, 2.05) is 37.3 Å². The minimum Gasteiger partial charge on any atom is -0.364 e. The number of carbonyl (C=O) groups is 1. The Hall–Kier alpha value is -1.55. The molecule has 0 aromatic heterocycles. The first kappa shape index (κ1) is 11.5. The molecule has 0 spiro atoms. The first-order valence-electron chi connectivity index (χ1n) is 4.89. The number of methoxy groups -OCH3 is 1. The molecule has 0 radical (unpaired) electrons. The summed E-state index contributed by atoms with van der Waals surface area (Å²) in [5, 5.41) is 2.65. The zero-order chi connectivity index (χ0) is 11.1. The number of amides is 2. The average molecular weight is 208 g/mol. The molecular formula is C11H16N2O2. The van der Waals surface area contributed by atoms with Crippen molar-refractivity contribution >= 4 is 11.7 Å². The smallest absolute Gasteiger partial charge is 0.323 e. The van der Waals surface area contributed by atoms with Gasteiger partial charge in [0.05, 0.1) is 0 Å². The van der Waals surface area contributed by atoms with Crippen LogP contribution in [0, 0.1) is 0 Å². The van der Waals surface area contributed by atoms with Crippen molar-refractivity contribution in [3.63, 3.8) is 0 Å². The summed E-state index contributed by atoms with van der Waals surface area (Å²) in [5.41, 5.74) is 0.883. The van der Waals surface area contributed by atoms with Crippen molar-refractivity contribution in [1.29, 1.82) is 0 Å². The number of anilines is 1. The fourth-order valence-corrected chi connectivity index (χ4v) is 1.28. The lowest BCUT2D eigenvalue weighted by Gasteiger charge is -2.21. The number of ether oxygens (including phenoxy) is 1. The van der Waals surface area contributed by atoms with Crippen molar-refractivity contribution in [2.24, 2.45) is 0 Å². The molecule has 1 aromatic rings. The monoisotopic (exact) mass is 208 g/mol. The minimum absolute atomic E-state index is 0.148. The van der Waals surface area contributed by atoms with Gasteiger partial charge in [0.2, 0.25) is 0 Å². The molecule has 1 N–H and O–H groups in total. The predicted molar refractivity (Wildman–Crippen MR) is 59.9 cm³/mol. The highest BCUT2D eigenvalue weighted by Gasteiger charge is 2.11. The summed E-state index contributed by atoms with van der Waals surface area (Å²) in [6.45, 7) is 2.78. The molecule has 0 fully saturated rings. The Kier molecular flexibility index (Phi) is 4.63. The van der Waals surface area contributed by atoms with Crippen LogP contribution in [0.25, 0.3) is 0 Å². The third-order valence-electron chi connectivity index (χ3n) is 2.00. The second kappa shape index (κ2) is 6.03. The normalized spacial score (nSPS) is 9.73. The Bertz CT molecular complexity index is 301. The van der Waals surface area contributed by atoms with Gasteiger partial charge in [-0.1, -0.05) is 18.2 Å². The van der Waals surface area contributed by atoms with Crippen LogP contribution in [-0.2, 0) is 4.74 Å². The molecule has 15 heavy (non-hydrogen) atoms. The van der Waals surface area contributed by atoms with Crippen molar-refractivity contribution in [3.05, 3.63) is 30.3 Å². The van der Waals surface area contributed by atoms with Crippen LogP contribution < -0.4 is 10.2 Å². The summed E-state index contributed by atoms with van der Waals surface area (Å²) >= 11 is 0. The third-order valence-corrected chi connectivity index (χ3v) is 2.00. The first-order valence-corrected chi connectivity index (χ1v) is 4.89. The van der Waals surface area contributed by atoms with Crippen LogP contribution in [0.3, 0.4) is 0 Å². The molecule has 1 aromatic carbocycles. The van der Waals surface area contributed by atoms with Gasteiger partial charge in [0.1, 0.15) is 6.73 Å². The highest BCUT2D eigenvalue weighted by molar-refractivity contribution is 5.91. The topological polar surface area (TPSA) is 41.6 Å².